The maximum absolute atomic E-state index is 12.5. The molecule has 0 fully saturated rings. The maximum Gasteiger partial charge on any atom is 0.325 e. The van der Waals surface area contributed by atoms with Crippen molar-refractivity contribution in [3.8, 4) is 0 Å². The van der Waals surface area contributed by atoms with E-state index in [1.165, 1.54) is 14.2 Å². The fraction of sp³-hybridized carbons (Fsp3) is 0.308. The zero-order chi connectivity index (χ0) is 16.0. The molecule has 1 aromatic carbocycles. The molecule has 0 bridgehead atoms. The minimum Gasteiger partial charge on any atom is -0.468 e. The topological polar surface area (TPSA) is 72.9 Å². The normalized spacial score (nSPS) is 9.90. The summed E-state index contributed by atoms with van der Waals surface area (Å²) >= 11 is 6.53. The highest BCUT2D eigenvalue weighted by Gasteiger charge is 2.24. The van der Waals surface area contributed by atoms with Gasteiger partial charge in [-0.25, -0.2) is 0 Å². The van der Waals surface area contributed by atoms with Gasteiger partial charge >= 0.3 is 11.9 Å². The monoisotopic (exact) mass is 421 g/mol. The summed E-state index contributed by atoms with van der Waals surface area (Å²) in [5, 5.41) is 0. The van der Waals surface area contributed by atoms with E-state index < -0.39 is 17.8 Å². The van der Waals surface area contributed by atoms with Gasteiger partial charge in [0.05, 0.1) is 19.8 Å². The summed E-state index contributed by atoms with van der Waals surface area (Å²) in [6.07, 6.45) is 0. The van der Waals surface area contributed by atoms with Gasteiger partial charge in [0.1, 0.15) is 13.1 Å². The van der Waals surface area contributed by atoms with Crippen molar-refractivity contribution in [2.75, 3.05) is 27.3 Å². The number of ether oxygens (including phenoxy) is 2. The second-order valence-electron chi connectivity index (χ2n) is 3.94. The quantitative estimate of drug-likeness (QED) is 0.678. The van der Waals surface area contributed by atoms with Crippen molar-refractivity contribution < 1.29 is 23.9 Å². The molecule has 1 rings (SSSR count). The van der Waals surface area contributed by atoms with Gasteiger partial charge in [-0.15, -0.1) is 0 Å². The molecule has 0 aliphatic heterocycles. The Hall–Kier alpha value is -1.41. The van der Waals surface area contributed by atoms with Gasteiger partial charge in [0.2, 0.25) is 0 Å². The summed E-state index contributed by atoms with van der Waals surface area (Å²) in [5.41, 5.74) is 0.317. The number of nitrogens with zero attached hydrogens (tertiary/aromatic N) is 1. The Morgan fingerprint density at radius 3 is 2.05 bits per heavy atom. The molecular formula is C13H13Br2NO5. The fourth-order valence-electron chi connectivity index (χ4n) is 1.47. The molecule has 8 heteroatoms. The molecule has 0 saturated heterocycles. The van der Waals surface area contributed by atoms with Crippen LogP contribution in [0.1, 0.15) is 10.4 Å². The predicted octanol–water partition coefficient (Wildman–Crippen LogP) is 2.00. The van der Waals surface area contributed by atoms with Crippen LogP contribution < -0.4 is 0 Å². The smallest absolute Gasteiger partial charge is 0.325 e. The zero-order valence-electron chi connectivity index (χ0n) is 11.4. The summed E-state index contributed by atoms with van der Waals surface area (Å²) < 4.78 is 10.3. The van der Waals surface area contributed by atoms with Crippen LogP contribution in [0.2, 0.25) is 0 Å². The molecule has 21 heavy (non-hydrogen) atoms. The average Bonchev–Trinajstić information content (AvgIpc) is 2.47. The largest absolute Gasteiger partial charge is 0.468 e. The van der Waals surface area contributed by atoms with E-state index in [9.17, 15) is 14.4 Å². The van der Waals surface area contributed by atoms with Crippen LogP contribution in [0, 0.1) is 0 Å². The lowest BCUT2D eigenvalue weighted by Gasteiger charge is -2.20. The minimum atomic E-state index is -0.627. The first-order valence-electron chi connectivity index (χ1n) is 5.77. The van der Waals surface area contributed by atoms with Crippen molar-refractivity contribution in [2.45, 2.75) is 0 Å². The third-order valence-corrected chi connectivity index (χ3v) is 3.73. The van der Waals surface area contributed by atoms with Crippen LogP contribution in [0.5, 0.6) is 0 Å². The Morgan fingerprint density at radius 1 is 1.05 bits per heavy atom. The molecule has 0 aliphatic rings. The number of esters is 2. The standard InChI is InChI=1S/C13H13Br2NO5/c1-20-11(17)6-16(7-12(18)21-2)13(19)9-5-8(14)3-4-10(9)15/h3-5H,6-7H2,1-2H3. The van der Waals surface area contributed by atoms with Crippen LogP contribution in [-0.4, -0.2) is 50.1 Å². The molecule has 0 N–H and O–H groups in total. The molecule has 0 saturated carbocycles. The van der Waals surface area contributed by atoms with E-state index in [0.717, 1.165) is 4.90 Å². The van der Waals surface area contributed by atoms with Crippen LogP contribution >= 0.6 is 31.9 Å². The molecule has 0 radical (unpaired) electrons. The van der Waals surface area contributed by atoms with Crippen molar-refractivity contribution in [3.63, 3.8) is 0 Å². The van der Waals surface area contributed by atoms with Gasteiger partial charge < -0.3 is 14.4 Å². The average molecular weight is 423 g/mol. The lowest BCUT2D eigenvalue weighted by atomic mass is 10.2. The van der Waals surface area contributed by atoms with Crippen molar-refractivity contribution in [1.29, 1.82) is 0 Å². The number of methoxy groups -OCH3 is 2. The number of rotatable bonds is 5. The van der Waals surface area contributed by atoms with Crippen molar-refractivity contribution >= 4 is 49.7 Å². The van der Waals surface area contributed by atoms with Crippen LogP contribution in [0.4, 0.5) is 0 Å². The molecule has 0 atom stereocenters. The molecule has 6 nitrogen and oxygen atoms in total. The molecular weight excluding hydrogens is 410 g/mol. The lowest BCUT2D eigenvalue weighted by Crippen LogP contribution is -2.40. The van der Waals surface area contributed by atoms with E-state index in [0.29, 0.717) is 14.5 Å². The molecule has 1 amide bonds. The highest BCUT2D eigenvalue weighted by atomic mass is 79.9. The van der Waals surface area contributed by atoms with E-state index >= 15 is 0 Å². The summed E-state index contributed by atoms with van der Waals surface area (Å²) in [5.74, 6) is -1.74. The Kier molecular flexibility index (Phi) is 6.83. The SMILES string of the molecule is COC(=O)CN(CC(=O)OC)C(=O)c1cc(Br)ccc1Br. The Bertz CT molecular complexity index is 543. The van der Waals surface area contributed by atoms with Crippen molar-refractivity contribution in [3.05, 3.63) is 32.7 Å². The first kappa shape index (κ1) is 17.6. The Labute approximate surface area is 138 Å². The molecule has 0 spiro atoms. The first-order valence-corrected chi connectivity index (χ1v) is 7.35. The molecule has 0 aliphatic carbocycles. The van der Waals surface area contributed by atoms with Gasteiger partial charge in [-0.2, -0.15) is 0 Å². The van der Waals surface area contributed by atoms with Crippen LogP contribution in [0.15, 0.2) is 27.1 Å². The summed E-state index contributed by atoms with van der Waals surface area (Å²) in [6, 6.07) is 5.03. The number of halogens is 2. The summed E-state index contributed by atoms with van der Waals surface area (Å²) in [6.45, 7) is -0.688. The highest BCUT2D eigenvalue weighted by molar-refractivity contribution is 9.11. The van der Waals surface area contributed by atoms with Gasteiger partial charge in [0.15, 0.2) is 0 Å². The number of hydrogen-bond donors (Lipinski definition) is 0. The number of amides is 1. The van der Waals surface area contributed by atoms with Gasteiger partial charge in [-0.3, -0.25) is 14.4 Å². The second kappa shape index (κ2) is 8.14. The lowest BCUT2D eigenvalue weighted by molar-refractivity contribution is -0.144. The maximum atomic E-state index is 12.5. The molecule has 0 aromatic heterocycles. The Morgan fingerprint density at radius 2 is 1.57 bits per heavy atom. The second-order valence-corrected chi connectivity index (χ2v) is 5.71. The van der Waals surface area contributed by atoms with Gasteiger partial charge in [-0.05, 0) is 34.1 Å². The van der Waals surface area contributed by atoms with Gasteiger partial charge in [-0.1, -0.05) is 15.9 Å². The van der Waals surface area contributed by atoms with E-state index in [-0.39, 0.29) is 13.1 Å². The van der Waals surface area contributed by atoms with E-state index in [1.807, 2.05) is 0 Å². The summed E-state index contributed by atoms with van der Waals surface area (Å²) in [7, 11) is 2.41. The van der Waals surface area contributed by atoms with Crippen molar-refractivity contribution in [2.24, 2.45) is 0 Å². The first-order chi connectivity index (χ1) is 9.88. The molecule has 0 heterocycles. The Balaban J connectivity index is 3.05. The fourth-order valence-corrected chi connectivity index (χ4v) is 2.25. The van der Waals surface area contributed by atoms with Crippen molar-refractivity contribution in [1.82, 2.24) is 4.90 Å². The number of hydrogen-bond acceptors (Lipinski definition) is 5. The highest BCUT2D eigenvalue weighted by Crippen LogP contribution is 2.23. The van der Waals surface area contributed by atoms with Gasteiger partial charge in [0, 0.05) is 8.95 Å². The zero-order valence-corrected chi connectivity index (χ0v) is 14.6. The van der Waals surface area contributed by atoms with Gasteiger partial charge in [0.25, 0.3) is 5.91 Å². The molecule has 0 unspecified atom stereocenters. The third-order valence-electron chi connectivity index (χ3n) is 2.54. The molecule has 1 aromatic rings. The molecule has 114 valence electrons. The minimum absolute atomic E-state index is 0.317. The van der Waals surface area contributed by atoms with E-state index in [4.69, 9.17) is 0 Å². The van der Waals surface area contributed by atoms with Crippen LogP contribution in [-0.2, 0) is 19.1 Å². The number of carbonyl (C=O) groups is 3. The third kappa shape index (κ3) is 5.13. The summed E-state index contributed by atoms with van der Waals surface area (Å²) in [4.78, 5) is 36.3. The van der Waals surface area contributed by atoms with Crippen LogP contribution in [0.25, 0.3) is 0 Å². The number of carbonyl (C=O) groups excluding carboxylic acids is 3. The predicted molar refractivity (Wildman–Crippen MR) is 81.8 cm³/mol. The van der Waals surface area contributed by atoms with E-state index in [1.54, 1.807) is 18.2 Å². The number of benzene rings is 1. The van der Waals surface area contributed by atoms with E-state index in [2.05, 4.69) is 41.3 Å². The van der Waals surface area contributed by atoms with Crippen LogP contribution in [0.3, 0.4) is 0 Å².